The van der Waals surface area contributed by atoms with Crippen LogP contribution in [0, 0.1) is 0 Å². The summed E-state index contributed by atoms with van der Waals surface area (Å²) in [7, 11) is 0. The summed E-state index contributed by atoms with van der Waals surface area (Å²) < 4.78 is 0. The zero-order valence-corrected chi connectivity index (χ0v) is 12.0. The molecular formula is C15H17NOS. The van der Waals surface area contributed by atoms with Crippen molar-refractivity contribution in [3.05, 3.63) is 40.2 Å². The first-order valence-electron chi connectivity index (χ1n) is 5.97. The van der Waals surface area contributed by atoms with Crippen molar-refractivity contribution in [2.45, 2.75) is 33.1 Å². The third-order valence-corrected chi connectivity index (χ3v) is 4.22. The van der Waals surface area contributed by atoms with E-state index in [0.29, 0.717) is 0 Å². The molecule has 0 amide bonds. The number of thiazole rings is 1. The van der Waals surface area contributed by atoms with E-state index in [4.69, 9.17) is 0 Å². The van der Waals surface area contributed by atoms with Gasteiger partial charge in [-0.15, -0.1) is 11.3 Å². The Kier molecular flexibility index (Phi) is 3.35. The molecule has 0 fully saturated rings. The Balaban J connectivity index is 2.60. The average Bonchev–Trinajstić information content (AvgIpc) is 2.74. The van der Waals surface area contributed by atoms with E-state index in [1.807, 2.05) is 30.3 Å². The SMILES string of the molecule is CC(=O)c1sc(C(C)(C)C)nc1-c1ccccc1. The summed E-state index contributed by atoms with van der Waals surface area (Å²) in [6.45, 7) is 7.95. The summed E-state index contributed by atoms with van der Waals surface area (Å²) in [6, 6.07) is 9.89. The summed E-state index contributed by atoms with van der Waals surface area (Å²) in [4.78, 5) is 17.2. The van der Waals surface area contributed by atoms with Crippen molar-refractivity contribution in [2.24, 2.45) is 0 Å². The van der Waals surface area contributed by atoms with Gasteiger partial charge in [0.15, 0.2) is 5.78 Å². The van der Waals surface area contributed by atoms with Gasteiger partial charge in [-0.05, 0) is 0 Å². The van der Waals surface area contributed by atoms with Gasteiger partial charge in [0.25, 0.3) is 0 Å². The summed E-state index contributed by atoms with van der Waals surface area (Å²) in [6.07, 6.45) is 0. The molecule has 0 unspecified atom stereocenters. The molecule has 0 aliphatic carbocycles. The second kappa shape index (κ2) is 4.65. The van der Waals surface area contributed by atoms with Crippen LogP contribution in [0.4, 0.5) is 0 Å². The molecule has 0 atom stereocenters. The predicted molar refractivity (Wildman–Crippen MR) is 76.3 cm³/mol. The van der Waals surface area contributed by atoms with Crippen LogP contribution in [-0.2, 0) is 5.41 Å². The van der Waals surface area contributed by atoms with Gasteiger partial charge in [0, 0.05) is 17.9 Å². The maximum atomic E-state index is 11.8. The lowest BCUT2D eigenvalue weighted by Gasteiger charge is -2.13. The number of aromatic nitrogens is 1. The maximum absolute atomic E-state index is 11.8. The van der Waals surface area contributed by atoms with Gasteiger partial charge in [0.1, 0.15) is 0 Å². The molecule has 0 saturated heterocycles. The fraction of sp³-hybridized carbons (Fsp3) is 0.333. The Bertz CT molecular complexity index is 564. The summed E-state index contributed by atoms with van der Waals surface area (Å²) in [5.74, 6) is 0.0850. The summed E-state index contributed by atoms with van der Waals surface area (Å²) >= 11 is 1.51. The van der Waals surface area contributed by atoms with Crippen LogP contribution < -0.4 is 0 Å². The number of benzene rings is 1. The van der Waals surface area contributed by atoms with Crippen LogP contribution in [0.15, 0.2) is 30.3 Å². The highest BCUT2D eigenvalue weighted by atomic mass is 32.1. The van der Waals surface area contributed by atoms with Crippen LogP contribution in [0.5, 0.6) is 0 Å². The van der Waals surface area contributed by atoms with E-state index in [1.54, 1.807) is 6.92 Å². The molecule has 3 heteroatoms. The van der Waals surface area contributed by atoms with Gasteiger partial charge in [0.05, 0.1) is 15.6 Å². The highest BCUT2D eigenvalue weighted by molar-refractivity contribution is 7.14. The Morgan fingerprint density at radius 2 is 1.78 bits per heavy atom. The molecule has 0 spiro atoms. The third-order valence-electron chi connectivity index (χ3n) is 2.64. The molecule has 0 bridgehead atoms. The molecule has 0 aliphatic heterocycles. The lowest BCUT2D eigenvalue weighted by Crippen LogP contribution is -2.10. The van der Waals surface area contributed by atoms with Gasteiger partial charge >= 0.3 is 0 Å². The zero-order chi connectivity index (χ0) is 13.3. The highest BCUT2D eigenvalue weighted by Crippen LogP contribution is 2.34. The molecule has 0 saturated carbocycles. The Hall–Kier alpha value is -1.48. The number of carbonyl (C=O) groups is 1. The van der Waals surface area contributed by atoms with E-state index in [-0.39, 0.29) is 11.2 Å². The van der Waals surface area contributed by atoms with E-state index in [1.165, 1.54) is 11.3 Å². The van der Waals surface area contributed by atoms with Crippen LogP contribution in [0.2, 0.25) is 0 Å². The first-order chi connectivity index (χ1) is 8.39. The molecule has 2 aromatic rings. The fourth-order valence-corrected chi connectivity index (χ4v) is 2.71. The largest absolute Gasteiger partial charge is 0.294 e. The molecule has 0 N–H and O–H groups in total. The molecule has 18 heavy (non-hydrogen) atoms. The molecule has 0 radical (unpaired) electrons. The van der Waals surface area contributed by atoms with E-state index in [0.717, 1.165) is 21.1 Å². The van der Waals surface area contributed by atoms with Gasteiger partial charge in [0.2, 0.25) is 0 Å². The first kappa shape index (κ1) is 13.0. The molecule has 1 aromatic heterocycles. The maximum Gasteiger partial charge on any atom is 0.172 e. The van der Waals surface area contributed by atoms with Gasteiger partial charge in [-0.3, -0.25) is 4.79 Å². The van der Waals surface area contributed by atoms with Crippen molar-refractivity contribution in [1.29, 1.82) is 0 Å². The van der Waals surface area contributed by atoms with E-state index < -0.39 is 0 Å². The molecule has 0 aliphatic rings. The van der Waals surface area contributed by atoms with Crippen LogP contribution in [0.3, 0.4) is 0 Å². The third kappa shape index (κ3) is 2.51. The number of hydrogen-bond acceptors (Lipinski definition) is 3. The van der Waals surface area contributed by atoms with E-state index in [2.05, 4.69) is 25.8 Å². The molecular weight excluding hydrogens is 242 g/mol. The van der Waals surface area contributed by atoms with Crippen LogP contribution in [0.1, 0.15) is 42.4 Å². The number of carbonyl (C=O) groups excluding carboxylic acids is 1. The van der Waals surface area contributed by atoms with Gasteiger partial charge < -0.3 is 0 Å². The van der Waals surface area contributed by atoms with E-state index >= 15 is 0 Å². The van der Waals surface area contributed by atoms with Crippen molar-refractivity contribution in [3.63, 3.8) is 0 Å². The minimum atomic E-state index is -0.0259. The normalized spacial score (nSPS) is 11.6. The van der Waals surface area contributed by atoms with Crippen molar-refractivity contribution in [1.82, 2.24) is 4.98 Å². The minimum absolute atomic E-state index is 0.0259. The van der Waals surface area contributed by atoms with Crippen molar-refractivity contribution >= 4 is 17.1 Å². The molecule has 94 valence electrons. The number of nitrogens with zero attached hydrogens (tertiary/aromatic N) is 1. The molecule has 2 rings (SSSR count). The van der Waals surface area contributed by atoms with Gasteiger partial charge in [-0.1, -0.05) is 51.1 Å². The van der Waals surface area contributed by atoms with Crippen molar-refractivity contribution in [2.75, 3.05) is 0 Å². The van der Waals surface area contributed by atoms with Crippen molar-refractivity contribution in [3.8, 4) is 11.3 Å². The zero-order valence-electron chi connectivity index (χ0n) is 11.2. The smallest absolute Gasteiger partial charge is 0.172 e. The topological polar surface area (TPSA) is 30.0 Å². The lowest BCUT2D eigenvalue weighted by atomic mass is 9.98. The Morgan fingerprint density at radius 3 is 2.28 bits per heavy atom. The molecule has 2 nitrogen and oxygen atoms in total. The number of ketones is 1. The Labute approximate surface area is 112 Å². The molecule has 1 aromatic carbocycles. The number of rotatable bonds is 2. The fourth-order valence-electron chi connectivity index (χ4n) is 1.67. The summed E-state index contributed by atoms with van der Waals surface area (Å²) in [5, 5.41) is 1.01. The number of hydrogen-bond donors (Lipinski definition) is 0. The van der Waals surface area contributed by atoms with Crippen LogP contribution in [-0.4, -0.2) is 10.8 Å². The predicted octanol–water partition coefficient (Wildman–Crippen LogP) is 4.31. The quantitative estimate of drug-likeness (QED) is 0.752. The minimum Gasteiger partial charge on any atom is -0.294 e. The highest BCUT2D eigenvalue weighted by Gasteiger charge is 2.23. The average molecular weight is 259 g/mol. The first-order valence-corrected chi connectivity index (χ1v) is 6.79. The Morgan fingerprint density at radius 1 is 1.17 bits per heavy atom. The van der Waals surface area contributed by atoms with Crippen LogP contribution in [0.25, 0.3) is 11.3 Å². The molecule has 1 heterocycles. The second-order valence-electron chi connectivity index (χ2n) is 5.37. The van der Waals surface area contributed by atoms with Crippen LogP contribution >= 0.6 is 11.3 Å². The van der Waals surface area contributed by atoms with Crippen molar-refractivity contribution < 1.29 is 4.79 Å². The monoisotopic (exact) mass is 259 g/mol. The second-order valence-corrected chi connectivity index (χ2v) is 6.37. The van der Waals surface area contributed by atoms with Gasteiger partial charge in [-0.25, -0.2) is 4.98 Å². The lowest BCUT2D eigenvalue weighted by molar-refractivity contribution is 0.102. The van der Waals surface area contributed by atoms with Gasteiger partial charge in [-0.2, -0.15) is 0 Å². The number of Topliss-reactive ketones (excluding diaryl/α,β-unsaturated/α-hetero) is 1. The summed E-state index contributed by atoms with van der Waals surface area (Å²) in [5.41, 5.74) is 1.80. The van der Waals surface area contributed by atoms with E-state index in [9.17, 15) is 4.79 Å². The standard InChI is InChI=1S/C15H17NOS/c1-10(17)13-12(11-8-6-5-7-9-11)16-14(18-13)15(2,3)4/h5-9H,1-4H3.